The maximum Gasteiger partial charge on any atom is 0.250 e. The number of benzene rings is 3. The molecule has 3 aromatic carbocycles. The molecule has 0 bridgehead atoms. The Hall–Kier alpha value is -3.33. The molecule has 178 valence electrons. The van der Waals surface area contributed by atoms with Crippen LogP contribution in [-0.2, 0) is 4.79 Å². The third kappa shape index (κ3) is 6.42. The van der Waals surface area contributed by atoms with E-state index in [1.165, 1.54) is 18.0 Å². The molecule has 0 aliphatic rings. The summed E-state index contributed by atoms with van der Waals surface area (Å²) in [6.45, 7) is 2.53. The minimum Gasteiger partial charge on any atom is -0.494 e. The summed E-state index contributed by atoms with van der Waals surface area (Å²) >= 11 is 13.2. The zero-order chi connectivity index (χ0) is 24.6. The first-order valence-electron chi connectivity index (χ1n) is 10.7. The lowest BCUT2D eigenvalue weighted by molar-refractivity contribution is -0.118. The van der Waals surface area contributed by atoms with Crippen molar-refractivity contribution in [1.29, 1.82) is 0 Å². The number of carbonyl (C=O) groups is 1. The average molecular weight is 526 g/mol. The molecule has 1 heterocycles. The van der Waals surface area contributed by atoms with E-state index in [0.29, 0.717) is 27.6 Å². The largest absolute Gasteiger partial charge is 0.494 e. The lowest BCUT2D eigenvalue weighted by Crippen LogP contribution is -2.20. The maximum atomic E-state index is 12.4. The van der Waals surface area contributed by atoms with Crippen LogP contribution in [0.1, 0.15) is 12.5 Å². The Morgan fingerprint density at radius 3 is 2.54 bits per heavy atom. The van der Waals surface area contributed by atoms with E-state index in [1.54, 1.807) is 18.2 Å². The van der Waals surface area contributed by atoms with Gasteiger partial charge in [-0.1, -0.05) is 71.4 Å². The molecule has 1 amide bonds. The molecule has 4 rings (SSSR count). The lowest BCUT2D eigenvalue weighted by Gasteiger charge is -2.11. The van der Waals surface area contributed by atoms with Gasteiger partial charge in [-0.05, 0) is 48.9 Å². The number of nitrogens with one attached hydrogen (secondary N) is 1. The summed E-state index contributed by atoms with van der Waals surface area (Å²) in [6.07, 6.45) is 1.50. The quantitative estimate of drug-likeness (QED) is 0.167. The second-order valence-electron chi connectivity index (χ2n) is 7.19. The minimum atomic E-state index is -0.284. The second kappa shape index (κ2) is 11.9. The van der Waals surface area contributed by atoms with Crippen LogP contribution in [0.4, 0.5) is 0 Å². The van der Waals surface area contributed by atoms with Crippen molar-refractivity contribution in [3.05, 3.63) is 88.4 Å². The van der Waals surface area contributed by atoms with Crippen LogP contribution in [0, 0.1) is 0 Å². The molecule has 0 saturated carbocycles. The van der Waals surface area contributed by atoms with Gasteiger partial charge in [0.15, 0.2) is 11.0 Å². The maximum absolute atomic E-state index is 12.4. The molecule has 7 nitrogen and oxygen atoms in total. The van der Waals surface area contributed by atoms with E-state index in [-0.39, 0.29) is 11.7 Å². The average Bonchev–Trinajstić information content (AvgIpc) is 3.30. The monoisotopic (exact) mass is 525 g/mol. The number of thioether (sulfide) groups is 1. The Bertz CT molecular complexity index is 1330. The normalized spacial score (nSPS) is 11.1. The second-order valence-corrected chi connectivity index (χ2v) is 8.95. The third-order valence-corrected chi connectivity index (χ3v) is 6.42. The summed E-state index contributed by atoms with van der Waals surface area (Å²) in [5, 5.41) is 14.2. The number of rotatable bonds is 9. The Labute approximate surface area is 217 Å². The number of aromatic nitrogens is 3. The Morgan fingerprint density at radius 2 is 1.83 bits per heavy atom. The lowest BCUT2D eigenvalue weighted by atomic mass is 10.2. The van der Waals surface area contributed by atoms with Gasteiger partial charge in [0.2, 0.25) is 0 Å². The number of hydrogen-bond acceptors (Lipinski definition) is 6. The number of nitrogens with zero attached hydrogens (tertiary/aromatic N) is 4. The van der Waals surface area contributed by atoms with Crippen LogP contribution in [0.5, 0.6) is 5.75 Å². The Kier molecular flexibility index (Phi) is 8.41. The summed E-state index contributed by atoms with van der Waals surface area (Å²) in [6, 6.07) is 22.5. The van der Waals surface area contributed by atoms with E-state index in [4.69, 9.17) is 27.9 Å². The molecule has 0 fully saturated rings. The molecule has 0 saturated heterocycles. The molecular weight excluding hydrogens is 505 g/mol. The molecule has 4 aromatic rings. The summed E-state index contributed by atoms with van der Waals surface area (Å²) in [4.78, 5) is 12.4. The van der Waals surface area contributed by atoms with Crippen LogP contribution in [-0.4, -0.2) is 39.2 Å². The summed E-state index contributed by atoms with van der Waals surface area (Å²) < 4.78 is 7.48. The number of carbonyl (C=O) groups excluding carboxylic acids is 1. The van der Waals surface area contributed by atoms with Crippen LogP contribution < -0.4 is 10.2 Å². The molecule has 0 unspecified atom stereocenters. The van der Waals surface area contributed by atoms with Crippen molar-refractivity contribution in [3.63, 3.8) is 0 Å². The van der Waals surface area contributed by atoms with Crippen molar-refractivity contribution >= 4 is 47.1 Å². The first-order valence-corrected chi connectivity index (χ1v) is 12.4. The van der Waals surface area contributed by atoms with Gasteiger partial charge in [0, 0.05) is 11.3 Å². The highest BCUT2D eigenvalue weighted by atomic mass is 35.5. The minimum absolute atomic E-state index is 0.0999. The molecule has 0 spiro atoms. The van der Waals surface area contributed by atoms with E-state index < -0.39 is 0 Å². The van der Waals surface area contributed by atoms with Gasteiger partial charge >= 0.3 is 0 Å². The van der Waals surface area contributed by atoms with Gasteiger partial charge in [-0.15, -0.1) is 10.2 Å². The van der Waals surface area contributed by atoms with Gasteiger partial charge < -0.3 is 4.74 Å². The van der Waals surface area contributed by atoms with Gasteiger partial charge in [-0.2, -0.15) is 5.10 Å². The molecular formula is C25H21Cl2N5O2S. The SMILES string of the molecule is CCOc1ccc(-n2c(SCC(=O)N/N=C\c3ccc(Cl)c(Cl)c3)nnc2-c2ccccc2)cc1. The van der Waals surface area contributed by atoms with Gasteiger partial charge in [0.05, 0.1) is 28.6 Å². The fraction of sp³-hybridized carbons (Fsp3) is 0.120. The molecule has 0 aliphatic heterocycles. The van der Waals surface area contributed by atoms with Crippen molar-refractivity contribution in [1.82, 2.24) is 20.2 Å². The highest BCUT2D eigenvalue weighted by Gasteiger charge is 2.17. The predicted octanol–water partition coefficient (Wildman–Crippen LogP) is 5.88. The topological polar surface area (TPSA) is 81.4 Å². The van der Waals surface area contributed by atoms with Gasteiger partial charge in [0.1, 0.15) is 5.75 Å². The standard InChI is InChI=1S/C25H21Cl2N5O2S/c1-2-34-20-11-9-19(10-12-20)32-24(18-6-4-3-5-7-18)30-31-25(32)35-16-23(33)29-28-15-17-8-13-21(26)22(27)14-17/h3-15H,2,16H2,1H3,(H,29,33)/b28-15-. The highest BCUT2D eigenvalue weighted by molar-refractivity contribution is 7.99. The van der Waals surface area contributed by atoms with E-state index in [2.05, 4.69) is 20.7 Å². The van der Waals surface area contributed by atoms with E-state index >= 15 is 0 Å². The van der Waals surface area contributed by atoms with E-state index in [0.717, 1.165) is 22.6 Å². The van der Waals surface area contributed by atoms with Crippen LogP contribution in [0.2, 0.25) is 10.0 Å². The zero-order valence-corrected chi connectivity index (χ0v) is 21.0. The number of hydrogen-bond donors (Lipinski definition) is 1. The third-order valence-electron chi connectivity index (χ3n) is 4.75. The van der Waals surface area contributed by atoms with Crippen molar-refractivity contribution < 1.29 is 9.53 Å². The molecule has 10 heteroatoms. The molecule has 35 heavy (non-hydrogen) atoms. The van der Waals surface area contributed by atoms with E-state index in [9.17, 15) is 4.79 Å². The molecule has 1 aromatic heterocycles. The summed E-state index contributed by atoms with van der Waals surface area (Å²) in [5.74, 6) is 1.27. The van der Waals surface area contributed by atoms with Crippen LogP contribution >= 0.6 is 35.0 Å². The highest BCUT2D eigenvalue weighted by Crippen LogP contribution is 2.29. The first-order chi connectivity index (χ1) is 17.0. The van der Waals surface area contributed by atoms with Crippen LogP contribution in [0.3, 0.4) is 0 Å². The van der Waals surface area contributed by atoms with Crippen molar-refractivity contribution in [2.75, 3.05) is 12.4 Å². The van der Waals surface area contributed by atoms with Gasteiger partial charge in [-0.25, -0.2) is 5.43 Å². The van der Waals surface area contributed by atoms with Gasteiger partial charge in [0.25, 0.3) is 5.91 Å². The first kappa shape index (κ1) is 24.8. The van der Waals surface area contributed by atoms with Gasteiger partial charge in [-0.3, -0.25) is 9.36 Å². The van der Waals surface area contributed by atoms with Crippen molar-refractivity contribution in [3.8, 4) is 22.8 Å². The smallest absolute Gasteiger partial charge is 0.250 e. The molecule has 0 atom stereocenters. The zero-order valence-electron chi connectivity index (χ0n) is 18.7. The molecule has 1 N–H and O–H groups in total. The molecule has 0 aliphatic carbocycles. The van der Waals surface area contributed by atoms with Crippen molar-refractivity contribution in [2.45, 2.75) is 12.1 Å². The fourth-order valence-electron chi connectivity index (χ4n) is 3.16. The fourth-order valence-corrected chi connectivity index (χ4v) is 4.21. The summed E-state index contributed by atoms with van der Waals surface area (Å²) in [5.41, 5.74) is 5.00. The summed E-state index contributed by atoms with van der Waals surface area (Å²) in [7, 11) is 0. The number of ether oxygens (including phenoxy) is 1. The Balaban J connectivity index is 1.50. The number of amides is 1. The Morgan fingerprint density at radius 1 is 1.06 bits per heavy atom. The van der Waals surface area contributed by atoms with Crippen LogP contribution in [0.15, 0.2) is 83.1 Å². The predicted molar refractivity (Wildman–Crippen MR) is 141 cm³/mol. The van der Waals surface area contributed by atoms with Crippen LogP contribution in [0.25, 0.3) is 17.1 Å². The van der Waals surface area contributed by atoms with E-state index in [1.807, 2.05) is 66.1 Å². The number of hydrazone groups is 1. The number of halogens is 2. The molecule has 0 radical (unpaired) electrons. The van der Waals surface area contributed by atoms with Crippen molar-refractivity contribution in [2.24, 2.45) is 5.10 Å².